The van der Waals surface area contributed by atoms with Crippen LogP contribution >= 0.6 is 0 Å². The number of hydrogen-bond donors (Lipinski definition) is 0. The molecule has 0 spiro atoms. The Morgan fingerprint density at radius 3 is 2.71 bits per heavy atom. The molecule has 1 aliphatic rings. The van der Waals surface area contributed by atoms with Crippen LogP contribution in [0.5, 0.6) is 5.75 Å². The maximum atomic E-state index is 14.1. The van der Waals surface area contributed by atoms with E-state index in [0.717, 1.165) is 35.0 Å². The highest BCUT2D eigenvalue weighted by molar-refractivity contribution is 6.03. The summed E-state index contributed by atoms with van der Waals surface area (Å²) in [6.45, 7) is 1.49. The number of rotatable bonds is 6. The lowest BCUT2D eigenvalue weighted by Gasteiger charge is -2.20. The highest BCUT2D eigenvalue weighted by Crippen LogP contribution is 2.33. The molecule has 1 atom stereocenters. The number of aryl methyl sites for hydroxylation is 1. The average molecular weight is 423 g/mol. The van der Waals surface area contributed by atoms with E-state index in [1.165, 1.54) is 11.3 Å². The molecule has 4 rings (SSSR count). The van der Waals surface area contributed by atoms with E-state index in [2.05, 4.69) is 5.10 Å². The second kappa shape index (κ2) is 8.39. The molecule has 1 amide bonds. The first kappa shape index (κ1) is 20.3. The predicted octanol–water partition coefficient (Wildman–Crippen LogP) is 4.39. The summed E-state index contributed by atoms with van der Waals surface area (Å²) < 4.78 is 24.8. The van der Waals surface area contributed by atoms with Crippen LogP contribution in [0, 0.1) is 22.9 Å². The zero-order valence-corrected chi connectivity index (χ0v) is 16.5. The number of carbonyl (C=O) groups excluding carboxylic acids is 1. The van der Waals surface area contributed by atoms with Gasteiger partial charge in [0, 0.05) is 12.5 Å². The number of nitro groups is 1. The minimum atomic E-state index is -0.921. The van der Waals surface area contributed by atoms with Crippen LogP contribution in [0.2, 0.25) is 0 Å². The van der Waals surface area contributed by atoms with Crippen LogP contribution in [0.25, 0.3) is 0 Å². The molecule has 2 aromatic carbocycles. The van der Waals surface area contributed by atoms with Gasteiger partial charge < -0.3 is 9.15 Å². The third-order valence-electron chi connectivity index (χ3n) is 4.90. The number of benzene rings is 2. The molecule has 0 bridgehead atoms. The molecular weight excluding hydrogens is 405 g/mol. The van der Waals surface area contributed by atoms with Gasteiger partial charge in [-0.3, -0.25) is 14.9 Å². The summed E-state index contributed by atoms with van der Waals surface area (Å²) in [5.41, 5.74) is 2.31. The largest absolute Gasteiger partial charge is 0.481 e. The molecule has 0 saturated heterocycles. The average Bonchev–Trinajstić information content (AvgIpc) is 3.43. The Hall–Kier alpha value is -4.01. The summed E-state index contributed by atoms with van der Waals surface area (Å²) in [7, 11) is 0. The van der Waals surface area contributed by atoms with Gasteiger partial charge in [0.1, 0.15) is 11.8 Å². The second-order valence-electron chi connectivity index (χ2n) is 7.05. The standard InChI is InChI=1S/C22H18FN3O5/c1-14-4-6-15(7-5-14)18-12-19(21-3-2-10-30-21)25(24-18)22(27)13-31-20-9-8-16(26(28)29)11-17(20)23/h2-11,19H,12-13H2,1H3. The Labute approximate surface area is 176 Å². The number of furan rings is 1. The summed E-state index contributed by atoms with van der Waals surface area (Å²) in [5, 5.41) is 16.5. The molecule has 1 aliphatic heterocycles. The highest BCUT2D eigenvalue weighted by Gasteiger charge is 2.35. The van der Waals surface area contributed by atoms with E-state index in [9.17, 15) is 19.3 Å². The summed E-state index contributed by atoms with van der Waals surface area (Å²) >= 11 is 0. The van der Waals surface area contributed by atoms with Crippen LogP contribution in [-0.2, 0) is 4.79 Å². The quantitative estimate of drug-likeness (QED) is 0.433. The maximum absolute atomic E-state index is 14.1. The molecule has 8 nitrogen and oxygen atoms in total. The number of non-ortho nitro benzene ring substituents is 1. The van der Waals surface area contributed by atoms with Crippen molar-refractivity contribution >= 4 is 17.3 Å². The fourth-order valence-electron chi connectivity index (χ4n) is 3.29. The van der Waals surface area contributed by atoms with Gasteiger partial charge >= 0.3 is 0 Å². The normalized spacial score (nSPS) is 15.6. The zero-order valence-electron chi connectivity index (χ0n) is 16.5. The predicted molar refractivity (Wildman–Crippen MR) is 109 cm³/mol. The van der Waals surface area contributed by atoms with Crippen molar-refractivity contribution in [2.75, 3.05) is 6.61 Å². The highest BCUT2D eigenvalue weighted by atomic mass is 19.1. The zero-order chi connectivity index (χ0) is 22.0. The summed E-state index contributed by atoms with van der Waals surface area (Å²) in [6, 6.07) is 13.8. The van der Waals surface area contributed by atoms with E-state index in [1.807, 2.05) is 31.2 Å². The Bertz CT molecular complexity index is 1140. The van der Waals surface area contributed by atoms with E-state index in [0.29, 0.717) is 12.2 Å². The molecule has 3 aromatic rings. The van der Waals surface area contributed by atoms with Crippen molar-refractivity contribution in [1.29, 1.82) is 0 Å². The lowest BCUT2D eigenvalue weighted by Crippen LogP contribution is -2.31. The molecule has 0 fully saturated rings. The van der Waals surface area contributed by atoms with Gasteiger partial charge in [-0.05, 0) is 30.7 Å². The van der Waals surface area contributed by atoms with Crippen molar-refractivity contribution in [2.24, 2.45) is 5.10 Å². The number of hydrazone groups is 1. The van der Waals surface area contributed by atoms with E-state index in [1.54, 1.807) is 12.1 Å². The Morgan fingerprint density at radius 1 is 1.29 bits per heavy atom. The first-order chi connectivity index (χ1) is 14.9. The van der Waals surface area contributed by atoms with E-state index in [4.69, 9.17) is 9.15 Å². The van der Waals surface area contributed by atoms with Crippen LogP contribution in [0.1, 0.15) is 29.3 Å². The molecule has 31 heavy (non-hydrogen) atoms. The van der Waals surface area contributed by atoms with Gasteiger partial charge in [0.25, 0.3) is 11.6 Å². The number of nitro benzene ring substituents is 1. The molecule has 9 heteroatoms. The number of hydrogen-bond acceptors (Lipinski definition) is 6. The number of nitrogens with zero attached hydrogens (tertiary/aromatic N) is 3. The van der Waals surface area contributed by atoms with Crippen molar-refractivity contribution in [2.45, 2.75) is 19.4 Å². The number of ether oxygens (including phenoxy) is 1. The van der Waals surface area contributed by atoms with Crippen molar-refractivity contribution in [3.05, 3.63) is 93.7 Å². The molecule has 0 saturated carbocycles. The molecule has 158 valence electrons. The lowest BCUT2D eigenvalue weighted by molar-refractivity contribution is -0.385. The maximum Gasteiger partial charge on any atom is 0.281 e. The van der Waals surface area contributed by atoms with Crippen molar-refractivity contribution in [3.63, 3.8) is 0 Å². The van der Waals surface area contributed by atoms with E-state index < -0.39 is 35.0 Å². The van der Waals surface area contributed by atoms with Crippen LogP contribution in [0.15, 0.2) is 70.4 Å². The number of carbonyl (C=O) groups is 1. The van der Waals surface area contributed by atoms with Gasteiger partial charge in [0.05, 0.1) is 23.0 Å². The topological polar surface area (TPSA) is 98.2 Å². The molecule has 0 aliphatic carbocycles. The lowest BCUT2D eigenvalue weighted by atomic mass is 10.0. The van der Waals surface area contributed by atoms with Crippen molar-refractivity contribution in [1.82, 2.24) is 5.01 Å². The molecule has 0 radical (unpaired) electrons. The van der Waals surface area contributed by atoms with Gasteiger partial charge in [-0.2, -0.15) is 5.10 Å². The van der Waals surface area contributed by atoms with Gasteiger partial charge in [-0.15, -0.1) is 0 Å². The van der Waals surface area contributed by atoms with Gasteiger partial charge in [-0.25, -0.2) is 9.40 Å². The second-order valence-corrected chi connectivity index (χ2v) is 7.05. The third kappa shape index (κ3) is 4.30. The van der Waals surface area contributed by atoms with Crippen LogP contribution in [-0.4, -0.2) is 28.2 Å². The fourth-order valence-corrected chi connectivity index (χ4v) is 3.29. The molecular formula is C22H18FN3O5. The molecule has 2 heterocycles. The smallest absolute Gasteiger partial charge is 0.281 e. The summed E-state index contributed by atoms with van der Waals surface area (Å²) in [6.07, 6.45) is 1.97. The number of halogens is 1. The van der Waals surface area contributed by atoms with E-state index in [-0.39, 0.29) is 5.75 Å². The Kier molecular flexibility index (Phi) is 5.48. The first-order valence-corrected chi connectivity index (χ1v) is 9.49. The van der Waals surface area contributed by atoms with E-state index >= 15 is 0 Å². The van der Waals surface area contributed by atoms with Gasteiger partial charge in [-0.1, -0.05) is 29.8 Å². The van der Waals surface area contributed by atoms with Crippen LogP contribution in [0.3, 0.4) is 0 Å². The van der Waals surface area contributed by atoms with Crippen LogP contribution in [0.4, 0.5) is 10.1 Å². The minimum Gasteiger partial charge on any atom is -0.481 e. The fraction of sp³-hybridized carbons (Fsp3) is 0.182. The van der Waals surface area contributed by atoms with Crippen molar-refractivity contribution in [3.8, 4) is 5.75 Å². The minimum absolute atomic E-state index is 0.254. The molecule has 1 aromatic heterocycles. The Morgan fingerprint density at radius 2 is 2.06 bits per heavy atom. The first-order valence-electron chi connectivity index (χ1n) is 9.49. The summed E-state index contributed by atoms with van der Waals surface area (Å²) in [5.74, 6) is -1.10. The van der Waals surface area contributed by atoms with Gasteiger partial charge in [0.2, 0.25) is 0 Å². The van der Waals surface area contributed by atoms with Crippen LogP contribution < -0.4 is 4.74 Å². The monoisotopic (exact) mass is 423 g/mol. The molecule has 1 unspecified atom stereocenters. The van der Waals surface area contributed by atoms with Gasteiger partial charge in [0.15, 0.2) is 18.2 Å². The van der Waals surface area contributed by atoms with Crippen molar-refractivity contribution < 1.29 is 23.3 Å². The molecule has 0 N–H and O–H groups in total. The third-order valence-corrected chi connectivity index (χ3v) is 4.90. The summed E-state index contributed by atoms with van der Waals surface area (Å²) in [4.78, 5) is 22.9. The number of amides is 1. The SMILES string of the molecule is Cc1ccc(C2=NN(C(=O)COc3ccc([N+](=O)[O-])cc3F)C(c3ccco3)C2)cc1. The Balaban J connectivity index is 1.53.